The van der Waals surface area contributed by atoms with E-state index in [0.717, 1.165) is 0 Å². The number of para-hydroxylation sites is 2. The van der Waals surface area contributed by atoms with E-state index in [9.17, 15) is 13.6 Å². The molecule has 1 heterocycles. The lowest BCUT2D eigenvalue weighted by Crippen LogP contribution is -2.42. The summed E-state index contributed by atoms with van der Waals surface area (Å²) < 4.78 is 39.4. The highest BCUT2D eigenvalue weighted by molar-refractivity contribution is 5.85. The van der Waals surface area contributed by atoms with Crippen LogP contribution in [0, 0.1) is 0 Å². The van der Waals surface area contributed by atoms with E-state index in [0.29, 0.717) is 17.1 Å². The van der Waals surface area contributed by atoms with Gasteiger partial charge in [0, 0.05) is 0 Å². The minimum Gasteiger partial charge on any atom is -0.485 e. The van der Waals surface area contributed by atoms with E-state index in [1.54, 1.807) is 18.2 Å². The molecule has 1 aliphatic heterocycles. The topological polar surface area (TPSA) is 69.2 Å². The van der Waals surface area contributed by atoms with Crippen LogP contribution in [0.15, 0.2) is 53.6 Å². The van der Waals surface area contributed by atoms with Crippen molar-refractivity contribution in [3.05, 3.63) is 54.1 Å². The molecule has 1 amide bonds. The molecule has 0 aliphatic carbocycles. The Morgan fingerprint density at radius 3 is 2.64 bits per heavy atom. The normalized spacial score (nSPS) is 16.0. The molecule has 130 valence electrons. The molecule has 2 aromatic carbocycles. The Kier molecular flexibility index (Phi) is 5.08. The van der Waals surface area contributed by atoms with Crippen LogP contribution in [0.1, 0.15) is 5.56 Å². The number of hydrogen-bond acceptors (Lipinski definition) is 5. The third kappa shape index (κ3) is 4.43. The molecule has 0 radical (unpaired) electrons. The van der Waals surface area contributed by atoms with Crippen LogP contribution in [0.3, 0.4) is 0 Å². The van der Waals surface area contributed by atoms with Crippen molar-refractivity contribution >= 4 is 12.1 Å². The van der Waals surface area contributed by atoms with Gasteiger partial charge in [0.2, 0.25) is 6.10 Å². The van der Waals surface area contributed by atoms with E-state index in [-0.39, 0.29) is 12.4 Å². The lowest BCUT2D eigenvalue weighted by molar-refractivity contribution is -0.130. The molecule has 0 saturated carbocycles. The van der Waals surface area contributed by atoms with Crippen LogP contribution in [0.4, 0.5) is 8.78 Å². The van der Waals surface area contributed by atoms with Crippen LogP contribution < -0.4 is 19.6 Å². The first-order valence-electron chi connectivity index (χ1n) is 7.38. The first-order chi connectivity index (χ1) is 12.1. The molecule has 0 bridgehead atoms. The quantitative estimate of drug-likeness (QED) is 0.666. The first-order valence-corrected chi connectivity index (χ1v) is 7.38. The maximum Gasteiger partial charge on any atom is 0.387 e. The Labute approximate surface area is 142 Å². The van der Waals surface area contributed by atoms with Crippen molar-refractivity contribution in [1.82, 2.24) is 5.43 Å². The fourth-order valence-electron chi connectivity index (χ4n) is 2.13. The molecular weight excluding hydrogens is 334 g/mol. The molecule has 0 spiro atoms. The fraction of sp³-hybridized carbons (Fsp3) is 0.176. The van der Waals surface area contributed by atoms with Gasteiger partial charge in [-0.2, -0.15) is 13.9 Å². The third-order valence-electron chi connectivity index (χ3n) is 3.29. The minimum atomic E-state index is -2.87. The van der Waals surface area contributed by atoms with Crippen molar-refractivity contribution in [2.45, 2.75) is 12.7 Å². The largest absolute Gasteiger partial charge is 0.485 e. The third-order valence-corrected chi connectivity index (χ3v) is 3.29. The zero-order valence-electron chi connectivity index (χ0n) is 12.9. The van der Waals surface area contributed by atoms with Gasteiger partial charge in [-0.05, 0) is 42.0 Å². The van der Waals surface area contributed by atoms with Crippen molar-refractivity contribution in [3.63, 3.8) is 0 Å². The molecule has 1 aliphatic rings. The second kappa shape index (κ2) is 7.61. The van der Waals surface area contributed by atoms with Gasteiger partial charge >= 0.3 is 6.61 Å². The Morgan fingerprint density at radius 2 is 1.92 bits per heavy atom. The molecule has 8 heteroatoms. The lowest BCUT2D eigenvalue weighted by Gasteiger charge is -2.24. The Balaban J connectivity index is 1.53. The molecular formula is C17H14F2N2O4. The van der Waals surface area contributed by atoms with Crippen molar-refractivity contribution in [2.75, 3.05) is 6.61 Å². The fourth-order valence-corrected chi connectivity index (χ4v) is 2.13. The number of nitrogens with one attached hydrogen (secondary N) is 1. The van der Waals surface area contributed by atoms with Crippen LogP contribution in [-0.2, 0) is 4.79 Å². The van der Waals surface area contributed by atoms with Gasteiger partial charge in [0.05, 0.1) is 6.21 Å². The summed E-state index contributed by atoms with van der Waals surface area (Å²) in [5.74, 6) is 0.666. The second-order valence-electron chi connectivity index (χ2n) is 5.05. The maximum absolute atomic E-state index is 12.1. The number of benzene rings is 2. The summed E-state index contributed by atoms with van der Waals surface area (Å²) in [4.78, 5) is 12.0. The van der Waals surface area contributed by atoms with Gasteiger partial charge in [-0.25, -0.2) is 5.43 Å². The Hall–Kier alpha value is -3.16. The summed E-state index contributed by atoms with van der Waals surface area (Å²) in [5.41, 5.74) is 2.96. The number of hydrogen-bond donors (Lipinski definition) is 1. The summed E-state index contributed by atoms with van der Waals surface area (Å²) in [6, 6.07) is 12.9. The maximum atomic E-state index is 12.1. The van der Waals surface area contributed by atoms with E-state index < -0.39 is 18.6 Å². The predicted octanol–water partition coefficient (Wildman–Crippen LogP) is 2.58. The smallest absolute Gasteiger partial charge is 0.387 e. The zero-order chi connectivity index (χ0) is 17.6. The van der Waals surface area contributed by atoms with Gasteiger partial charge in [-0.1, -0.05) is 12.1 Å². The molecule has 0 fully saturated rings. The Morgan fingerprint density at radius 1 is 1.20 bits per heavy atom. The number of amides is 1. The van der Waals surface area contributed by atoms with Crippen molar-refractivity contribution < 1.29 is 27.8 Å². The second-order valence-corrected chi connectivity index (χ2v) is 5.05. The van der Waals surface area contributed by atoms with Crippen LogP contribution in [0.25, 0.3) is 0 Å². The van der Waals surface area contributed by atoms with Crippen LogP contribution in [0.2, 0.25) is 0 Å². The first kappa shape index (κ1) is 16.7. The van der Waals surface area contributed by atoms with Crippen molar-refractivity contribution in [1.29, 1.82) is 0 Å². The number of carbonyl (C=O) groups is 1. The summed E-state index contributed by atoms with van der Waals surface area (Å²) in [7, 11) is 0. The van der Waals surface area contributed by atoms with Gasteiger partial charge in [0.1, 0.15) is 12.4 Å². The van der Waals surface area contributed by atoms with E-state index in [2.05, 4.69) is 15.3 Å². The average molecular weight is 348 g/mol. The van der Waals surface area contributed by atoms with Gasteiger partial charge < -0.3 is 14.2 Å². The lowest BCUT2D eigenvalue weighted by atomic mass is 10.2. The molecule has 0 saturated heterocycles. The molecule has 3 rings (SSSR count). The highest BCUT2D eigenvalue weighted by Gasteiger charge is 2.26. The van der Waals surface area contributed by atoms with E-state index in [4.69, 9.17) is 9.47 Å². The highest BCUT2D eigenvalue weighted by atomic mass is 19.3. The predicted molar refractivity (Wildman–Crippen MR) is 85.2 cm³/mol. The summed E-state index contributed by atoms with van der Waals surface area (Å²) in [5, 5.41) is 3.81. The number of carbonyl (C=O) groups excluding carboxylic acids is 1. The molecule has 1 unspecified atom stereocenters. The monoisotopic (exact) mass is 348 g/mol. The average Bonchev–Trinajstić information content (AvgIpc) is 2.62. The number of rotatable bonds is 5. The number of hydrazone groups is 1. The minimum absolute atomic E-state index is 0.0441. The number of alkyl halides is 2. The SMILES string of the molecule is O=C(NN=Cc1ccc(OC(F)F)cc1)C1COc2ccccc2O1. The van der Waals surface area contributed by atoms with E-state index in [1.165, 1.54) is 30.5 Å². The molecule has 1 atom stereocenters. The highest BCUT2D eigenvalue weighted by Crippen LogP contribution is 2.30. The van der Waals surface area contributed by atoms with Gasteiger partial charge in [0.15, 0.2) is 11.5 Å². The summed E-state index contributed by atoms with van der Waals surface area (Å²) in [6.45, 7) is -2.79. The summed E-state index contributed by atoms with van der Waals surface area (Å²) in [6.07, 6.45) is 0.565. The van der Waals surface area contributed by atoms with Crippen LogP contribution in [0.5, 0.6) is 17.2 Å². The summed E-state index contributed by atoms with van der Waals surface area (Å²) >= 11 is 0. The number of ether oxygens (including phenoxy) is 3. The van der Waals surface area contributed by atoms with Gasteiger partial charge in [-0.15, -0.1) is 0 Å². The van der Waals surface area contributed by atoms with E-state index in [1.807, 2.05) is 6.07 Å². The van der Waals surface area contributed by atoms with Crippen LogP contribution in [-0.4, -0.2) is 31.4 Å². The van der Waals surface area contributed by atoms with E-state index >= 15 is 0 Å². The van der Waals surface area contributed by atoms with Crippen molar-refractivity contribution in [3.8, 4) is 17.2 Å². The zero-order valence-corrected chi connectivity index (χ0v) is 12.9. The van der Waals surface area contributed by atoms with Gasteiger partial charge in [-0.3, -0.25) is 4.79 Å². The van der Waals surface area contributed by atoms with Crippen LogP contribution >= 0.6 is 0 Å². The molecule has 0 aromatic heterocycles. The number of halogens is 2. The Bertz CT molecular complexity index is 765. The standard InChI is InChI=1S/C17H14F2N2O4/c18-17(19)24-12-7-5-11(6-8-12)9-20-21-16(22)15-10-23-13-3-1-2-4-14(13)25-15/h1-9,15,17H,10H2,(H,21,22). The molecule has 6 nitrogen and oxygen atoms in total. The molecule has 2 aromatic rings. The molecule has 1 N–H and O–H groups in total. The van der Waals surface area contributed by atoms with Crippen molar-refractivity contribution in [2.24, 2.45) is 5.10 Å². The number of nitrogens with zero attached hydrogens (tertiary/aromatic N) is 1. The van der Waals surface area contributed by atoms with Gasteiger partial charge in [0.25, 0.3) is 5.91 Å². The number of fused-ring (bicyclic) bond motifs is 1. The molecule has 25 heavy (non-hydrogen) atoms.